The summed E-state index contributed by atoms with van der Waals surface area (Å²) in [6, 6.07) is 17.2. The molecule has 0 aliphatic carbocycles. The predicted molar refractivity (Wildman–Crippen MR) is 121 cm³/mol. The van der Waals surface area contributed by atoms with Gasteiger partial charge in [0.25, 0.3) is 0 Å². The van der Waals surface area contributed by atoms with Crippen LogP contribution in [0.3, 0.4) is 0 Å². The maximum absolute atomic E-state index is 14.1. The Morgan fingerprint density at radius 3 is 2.52 bits per heavy atom. The molecule has 2 aromatic heterocycles. The van der Waals surface area contributed by atoms with Crippen LogP contribution in [0, 0.1) is 5.82 Å². The Bertz CT molecular complexity index is 1170. The van der Waals surface area contributed by atoms with Gasteiger partial charge in [0.1, 0.15) is 11.6 Å². The van der Waals surface area contributed by atoms with Gasteiger partial charge in [-0.3, -0.25) is 0 Å². The molecule has 31 heavy (non-hydrogen) atoms. The number of rotatable bonds is 7. The molecule has 3 heterocycles. The van der Waals surface area contributed by atoms with E-state index in [1.54, 1.807) is 18.3 Å². The van der Waals surface area contributed by atoms with Crippen LogP contribution in [-0.4, -0.2) is 32.8 Å². The van der Waals surface area contributed by atoms with E-state index in [-0.39, 0.29) is 5.82 Å². The number of benzene rings is 2. The summed E-state index contributed by atoms with van der Waals surface area (Å²) < 4.78 is 16.0. The number of anilines is 2. The highest BCUT2D eigenvalue weighted by atomic mass is 19.1. The lowest BCUT2D eigenvalue weighted by Crippen LogP contribution is -2.21. The molecule has 0 radical (unpaired) electrons. The molecule has 0 atom stereocenters. The van der Waals surface area contributed by atoms with Crippen LogP contribution in [0.4, 0.5) is 16.2 Å². The Morgan fingerprint density at radius 2 is 1.71 bits per heavy atom. The van der Waals surface area contributed by atoms with Crippen molar-refractivity contribution in [3.63, 3.8) is 0 Å². The third-order valence-corrected chi connectivity index (χ3v) is 5.73. The number of nitrogens with zero attached hydrogens (tertiary/aromatic N) is 5. The van der Waals surface area contributed by atoms with E-state index in [1.165, 1.54) is 11.6 Å². The molecule has 5 rings (SSSR count). The van der Waals surface area contributed by atoms with E-state index in [1.807, 2.05) is 16.8 Å². The van der Waals surface area contributed by atoms with Crippen molar-refractivity contribution in [3.8, 4) is 0 Å². The van der Waals surface area contributed by atoms with Crippen LogP contribution in [0.2, 0.25) is 0 Å². The molecule has 1 fully saturated rings. The Hall–Kier alpha value is -3.48. The molecule has 1 N–H and O–H groups in total. The van der Waals surface area contributed by atoms with Crippen molar-refractivity contribution >= 4 is 22.8 Å². The van der Waals surface area contributed by atoms with Crippen molar-refractivity contribution in [2.45, 2.75) is 32.4 Å². The second-order valence-electron chi connectivity index (χ2n) is 7.85. The average Bonchev–Trinajstić information content (AvgIpc) is 3.48. The van der Waals surface area contributed by atoms with Crippen molar-refractivity contribution in [1.29, 1.82) is 0 Å². The smallest absolute Gasteiger partial charge is 0.229 e. The molecule has 0 amide bonds. The summed E-state index contributed by atoms with van der Waals surface area (Å²) in [5.41, 5.74) is 2.68. The molecule has 158 valence electrons. The minimum absolute atomic E-state index is 0.223. The number of hydrogen-bond donors (Lipinski definition) is 1. The lowest BCUT2D eigenvalue weighted by molar-refractivity contribution is 0.613. The molecule has 4 aromatic rings. The molecular weight excluding hydrogens is 391 g/mol. The lowest BCUT2D eigenvalue weighted by Gasteiger charge is -2.17. The van der Waals surface area contributed by atoms with Gasteiger partial charge >= 0.3 is 0 Å². The first kappa shape index (κ1) is 19.5. The van der Waals surface area contributed by atoms with Gasteiger partial charge in [-0.2, -0.15) is 15.1 Å². The number of aromatic nitrogens is 4. The summed E-state index contributed by atoms with van der Waals surface area (Å²) >= 11 is 0. The Morgan fingerprint density at radius 1 is 0.935 bits per heavy atom. The first-order chi connectivity index (χ1) is 15.3. The molecule has 0 spiro atoms. The van der Waals surface area contributed by atoms with Gasteiger partial charge in [0, 0.05) is 31.7 Å². The second kappa shape index (κ2) is 8.71. The number of aryl methyl sites for hydroxylation is 2. The molecular formula is C24H25FN6. The van der Waals surface area contributed by atoms with Gasteiger partial charge in [0.2, 0.25) is 5.95 Å². The quantitative estimate of drug-likeness (QED) is 0.483. The van der Waals surface area contributed by atoms with Crippen LogP contribution in [0.1, 0.15) is 24.0 Å². The van der Waals surface area contributed by atoms with E-state index in [4.69, 9.17) is 9.97 Å². The first-order valence-electron chi connectivity index (χ1n) is 10.8. The van der Waals surface area contributed by atoms with Crippen LogP contribution in [0.15, 0.2) is 60.8 Å². The SMILES string of the molecule is Fc1ccccc1CNc1nc(N2CCCC2)nc2c1cnn2CCc1ccccc1. The fourth-order valence-corrected chi connectivity index (χ4v) is 4.00. The van der Waals surface area contributed by atoms with Crippen LogP contribution < -0.4 is 10.2 Å². The monoisotopic (exact) mass is 416 g/mol. The third kappa shape index (κ3) is 4.21. The van der Waals surface area contributed by atoms with Crippen molar-refractivity contribution < 1.29 is 4.39 Å². The largest absolute Gasteiger partial charge is 0.365 e. The summed E-state index contributed by atoms with van der Waals surface area (Å²) in [5.74, 6) is 1.18. The summed E-state index contributed by atoms with van der Waals surface area (Å²) in [4.78, 5) is 11.9. The maximum Gasteiger partial charge on any atom is 0.229 e. The highest BCUT2D eigenvalue weighted by Gasteiger charge is 2.20. The van der Waals surface area contributed by atoms with E-state index >= 15 is 0 Å². The van der Waals surface area contributed by atoms with E-state index in [0.717, 1.165) is 49.9 Å². The van der Waals surface area contributed by atoms with Gasteiger partial charge in [0.15, 0.2) is 5.65 Å². The number of hydrogen-bond acceptors (Lipinski definition) is 5. The van der Waals surface area contributed by atoms with E-state index in [0.29, 0.717) is 23.9 Å². The normalized spacial score (nSPS) is 13.8. The first-order valence-corrected chi connectivity index (χ1v) is 10.8. The van der Waals surface area contributed by atoms with Crippen molar-refractivity contribution in [2.24, 2.45) is 0 Å². The zero-order chi connectivity index (χ0) is 21.0. The van der Waals surface area contributed by atoms with Crippen molar-refractivity contribution in [2.75, 3.05) is 23.3 Å². The second-order valence-corrected chi connectivity index (χ2v) is 7.85. The van der Waals surface area contributed by atoms with E-state index in [9.17, 15) is 4.39 Å². The fourth-order valence-electron chi connectivity index (χ4n) is 4.00. The Labute approximate surface area is 180 Å². The number of halogens is 1. The average molecular weight is 417 g/mol. The molecule has 7 heteroatoms. The lowest BCUT2D eigenvalue weighted by atomic mass is 10.1. The standard InChI is InChI=1S/C24H25FN6/c25-21-11-5-4-10-19(21)16-26-22-20-17-27-31(15-12-18-8-2-1-3-9-18)23(20)29-24(28-22)30-13-6-7-14-30/h1-5,8-11,17H,6-7,12-16H2,(H,26,28,29). The molecule has 0 unspecified atom stereocenters. The highest BCUT2D eigenvalue weighted by molar-refractivity contribution is 5.87. The molecule has 0 saturated carbocycles. The van der Waals surface area contributed by atoms with Gasteiger partial charge in [-0.15, -0.1) is 0 Å². The minimum atomic E-state index is -0.223. The number of nitrogens with one attached hydrogen (secondary N) is 1. The summed E-state index contributed by atoms with van der Waals surface area (Å²) in [6.07, 6.45) is 4.97. The molecule has 1 aliphatic heterocycles. The molecule has 1 aliphatic rings. The van der Waals surface area contributed by atoms with Crippen LogP contribution in [0.5, 0.6) is 0 Å². The fraction of sp³-hybridized carbons (Fsp3) is 0.292. The summed E-state index contributed by atoms with van der Waals surface area (Å²) in [6.45, 7) is 3.00. The molecule has 6 nitrogen and oxygen atoms in total. The van der Waals surface area contributed by atoms with E-state index < -0.39 is 0 Å². The summed E-state index contributed by atoms with van der Waals surface area (Å²) in [7, 11) is 0. The topological polar surface area (TPSA) is 58.9 Å². The predicted octanol–water partition coefficient (Wildman–Crippen LogP) is 4.42. The summed E-state index contributed by atoms with van der Waals surface area (Å²) in [5, 5.41) is 8.77. The van der Waals surface area contributed by atoms with Gasteiger partial charge < -0.3 is 10.2 Å². The van der Waals surface area contributed by atoms with Crippen molar-refractivity contribution in [3.05, 3.63) is 77.7 Å². The molecule has 2 aromatic carbocycles. The van der Waals surface area contributed by atoms with Crippen LogP contribution >= 0.6 is 0 Å². The molecule has 1 saturated heterocycles. The maximum atomic E-state index is 14.1. The number of fused-ring (bicyclic) bond motifs is 1. The van der Waals surface area contributed by atoms with Crippen molar-refractivity contribution in [1.82, 2.24) is 19.7 Å². The Kier molecular flexibility index (Phi) is 5.48. The van der Waals surface area contributed by atoms with E-state index in [2.05, 4.69) is 39.6 Å². The van der Waals surface area contributed by atoms with Crippen LogP contribution in [0.25, 0.3) is 11.0 Å². The zero-order valence-corrected chi connectivity index (χ0v) is 17.3. The van der Waals surface area contributed by atoms with Crippen LogP contribution in [-0.2, 0) is 19.5 Å². The highest BCUT2D eigenvalue weighted by Crippen LogP contribution is 2.26. The van der Waals surface area contributed by atoms with Gasteiger partial charge in [0.05, 0.1) is 11.6 Å². The molecule has 0 bridgehead atoms. The minimum Gasteiger partial charge on any atom is -0.365 e. The van der Waals surface area contributed by atoms with Gasteiger partial charge in [-0.1, -0.05) is 48.5 Å². The third-order valence-electron chi connectivity index (χ3n) is 5.73. The van der Waals surface area contributed by atoms with Gasteiger partial charge in [-0.05, 0) is 30.9 Å². The zero-order valence-electron chi connectivity index (χ0n) is 17.3. The van der Waals surface area contributed by atoms with Gasteiger partial charge in [-0.25, -0.2) is 9.07 Å². The Balaban J connectivity index is 1.46.